The quantitative estimate of drug-likeness (QED) is 0.113. The molecule has 2 aliphatic rings. The minimum Gasteiger partial charge on any atom is -0.310 e. The number of para-hydroxylation sites is 2. The van der Waals surface area contributed by atoms with Gasteiger partial charge in [-0.25, -0.2) is 0 Å². The summed E-state index contributed by atoms with van der Waals surface area (Å²) in [5.74, 6) is 0. The third-order valence-electron chi connectivity index (χ3n) is 24.7. The first-order chi connectivity index (χ1) is 58.7. The van der Waals surface area contributed by atoms with Crippen LogP contribution < -0.4 is 26.2 Å². The average Bonchev–Trinajstić information content (AvgIpc) is 1.32. The van der Waals surface area contributed by atoms with Crippen molar-refractivity contribution in [2.45, 2.75) is 73.1 Å². The van der Waals surface area contributed by atoms with Crippen molar-refractivity contribution in [1.29, 1.82) is 0 Å². The zero-order chi connectivity index (χ0) is 82.3. The summed E-state index contributed by atoms with van der Waals surface area (Å²) >= 11 is 0. The molecule has 4 nitrogen and oxygen atoms in total. The lowest BCUT2D eigenvalue weighted by molar-refractivity contribution is 0.590. The summed E-state index contributed by atoms with van der Waals surface area (Å²) in [5, 5.41) is 4.68. The topological polar surface area (TPSA) is 16.3 Å². The van der Waals surface area contributed by atoms with Crippen LogP contribution in [0.2, 0.25) is 0 Å². The second-order valence-electron chi connectivity index (χ2n) is 34.4. The molecule has 0 fully saturated rings. The van der Waals surface area contributed by atoms with E-state index in [1.165, 1.54) is 21.9 Å². The number of nitrogens with zero attached hydrogens (tertiary/aromatic N) is 4. The van der Waals surface area contributed by atoms with E-state index in [4.69, 9.17) is 0 Å². The van der Waals surface area contributed by atoms with Gasteiger partial charge in [-0.1, -0.05) is 307 Å². The van der Waals surface area contributed by atoms with Gasteiger partial charge in [0.15, 0.2) is 0 Å². The fraction of sp³-hybridized carbons (Fsp3) is 0.0973. The molecule has 0 aliphatic carbocycles. The van der Waals surface area contributed by atoms with Gasteiger partial charge in [0.05, 0.1) is 33.4 Å². The standard InChI is InChI=1S/C113H89BN4/c1-72-50-56-103-97(58-72)91-46-22-24-48-101(91)115(103)89-52-54-99-105(70-89)117(110-93(77-34-18-12-19-35-77)66-87(112(4,5)6)68-95(110)85-44-28-42-83(64-85)81-40-26-38-79(62-81)75-30-14-10-15-31-75)107-60-74(3)61-108-109(107)114(99)100-55-53-90(116-102-49-25-23-47-92(102)98-59-73(2)51-57-104(98)116)71-106(100)118(108)111-94(78-36-20-13-21-37-78)67-88(113(7,8)9)69-96(111)86-45-29-43-84(65-86)82-41-27-39-80(63-82)76-32-16-11-17-33-76/h10-71H,1-9H3/i3D3. The van der Waals surface area contributed by atoms with Crippen LogP contribution in [-0.2, 0) is 10.8 Å². The van der Waals surface area contributed by atoms with Gasteiger partial charge in [-0.3, -0.25) is 0 Å². The van der Waals surface area contributed by atoms with Gasteiger partial charge in [0.2, 0.25) is 0 Å². The predicted molar refractivity (Wildman–Crippen MR) is 504 cm³/mol. The number of aryl methyl sites for hydroxylation is 3. The van der Waals surface area contributed by atoms with Gasteiger partial charge in [0.1, 0.15) is 0 Å². The van der Waals surface area contributed by atoms with Crippen molar-refractivity contribution in [2.75, 3.05) is 9.80 Å². The summed E-state index contributed by atoms with van der Waals surface area (Å²) in [6.45, 7) is 15.1. The largest absolute Gasteiger partial charge is 0.310 e. The molecule has 4 heterocycles. The third-order valence-corrected chi connectivity index (χ3v) is 24.7. The van der Waals surface area contributed by atoms with Gasteiger partial charge < -0.3 is 18.9 Å². The van der Waals surface area contributed by atoms with E-state index >= 15 is 0 Å². The molecule has 0 N–H and O–H groups in total. The van der Waals surface area contributed by atoms with Crippen molar-refractivity contribution in [3.63, 3.8) is 0 Å². The molecule has 564 valence electrons. The fourth-order valence-corrected chi connectivity index (χ4v) is 18.9. The van der Waals surface area contributed by atoms with Gasteiger partial charge >= 0.3 is 0 Å². The highest BCUT2D eigenvalue weighted by atomic mass is 15.2. The highest BCUT2D eigenvalue weighted by Crippen LogP contribution is 2.56. The van der Waals surface area contributed by atoms with Crippen LogP contribution in [0, 0.1) is 20.7 Å². The summed E-state index contributed by atoms with van der Waals surface area (Å²) in [6.07, 6.45) is 0. The Morgan fingerprint density at radius 3 is 0.932 bits per heavy atom. The summed E-state index contributed by atoms with van der Waals surface area (Å²) in [6, 6.07) is 138. The second-order valence-corrected chi connectivity index (χ2v) is 34.4. The van der Waals surface area contributed by atoms with E-state index in [1.54, 1.807) is 0 Å². The van der Waals surface area contributed by atoms with Gasteiger partial charge in [-0.2, -0.15) is 0 Å². The zero-order valence-electron chi connectivity index (χ0n) is 70.7. The van der Waals surface area contributed by atoms with Crippen molar-refractivity contribution in [3.05, 3.63) is 404 Å². The molecule has 19 aromatic rings. The molecule has 2 aromatic heterocycles. The van der Waals surface area contributed by atoms with Crippen molar-refractivity contribution in [3.8, 4) is 100 Å². The molecular formula is C113H89BN4. The number of anilines is 6. The van der Waals surface area contributed by atoms with Crippen LogP contribution >= 0.6 is 0 Å². The number of fused-ring (bicyclic) bond motifs is 10. The third kappa shape index (κ3) is 12.2. The lowest BCUT2D eigenvalue weighted by Crippen LogP contribution is -2.61. The number of hydrogen-bond donors (Lipinski definition) is 0. The van der Waals surface area contributed by atoms with Crippen LogP contribution in [0.15, 0.2) is 376 Å². The van der Waals surface area contributed by atoms with Crippen LogP contribution in [0.1, 0.15) is 73.5 Å². The van der Waals surface area contributed by atoms with Crippen LogP contribution in [0.25, 0.3) is 144 Å². The number of hydrogen-bond acceptors (Lipinski definition) is 2. The lowest BCUT2D eigenvalue weighted by atomic mass is 9.33. The average molecular weight is 1520 g/mol. The molecule has 0 radical (unpaired) electrons. The van der Waals surface area contributed by atoms with E-state index in [1.807, 2.05) is 12.1 Å². The second kappa shape index (κ2) is 28.2. The molecule has 5 heteroatoms. The Kier molecular flexibility index (Phi) is 16.3. The molecule has 0 spiro atoms. The number of aromatic nitrogens is 2. The number of benzene rings is 17. The maximum atomic E-state index is 10.2. The molecule has 17 aromatic carbocycles. The van der Waals surface area contributed by atoms with Gasteiger partial charge in [0.25, 0.3) is 6.71 Å². The molecule has 2 aliphatic heterocycles. The van der Waals surface area contributed by atoms with E-state index in [9.17, 15) is 4.11 Å². The van der Waals surface area contributed by atoms with Gasteiger partial charge in [0, 0.05) is 82.0 Å². The van der Waals surface area contributed by atoms with Crippen LogP contribution in [-0.4, -0.2) is 15.8 Å². The maximum Gasteiger partial charge on any atom is 0.252 e. The molecular weight excluding hydrogens is 1420 g/mol. The van der Waals surface area contributed by atoms with E-state index < -0.39 is 13.6 Å². The minimum atomic E-state index is -2.64. The molecule has 21 rings (SSSR count). The molecule has 118 heavy (non-hydrogen) atoms. The first kappa shape index (κ1) is 68.4. The lowest BCUT2D eigenvalue weighted by Gasteiger charge is -2.46. The summed E-state index contributed by atoms with van der Waals surface area (Å²) in [7, 11) is 0. The van der Waals surface area contributed by atoms with Crippen molar-refractivity contribution in [2.24, 2.45) is 0 Å². The Labute approximate surface area is 696 Å². The number of rotatable bonds is 12. The summed E-state index contributed by atoms with van der Waals surface area (Å²) < 4.78 is 35.5. The molecule has 0 saturated carbocycles. The van der Waals surface area contributed by atoms with Crippen molar-refractivity contribution < 1.29 is 4.11 Å². The highest BCUT2D eigenvalue weighted by molar-refractivity contribution is 7.00. The molecule has 0 unspecified atom stereocenters. The molecule has 0 amide bonds. The first-order valence-corrected chi connectivity index (χ1v) is 41.3. The van der Waals surface area contributed by atoms with E-state index in [2.05, 4.69) is 438 Å². The Morgan fingerprint density at radius 1 is 0.246 bits per heavy atom. The first-order valence-electron chi connectivity index (χ1n) is 42.8. The SMILES string of the molecule is [2H]C([2H])([2H])c1cc2c3c(c1)N(c1c(-c4ccccc4)cc(C(C)(C)C)cc1-c1cccc(-c4cccc(-c5ccccc5)c4)c1)c1cc(-n4c5ccccc5c5cc(C)ccc54)ccc1B3c1ccc(-n3c4ccccc4c4cc(C)ccc43)cc1N2c1c(-c2ccccc2)cc(C(C)(C)C)cc1-c1cccc(-c2cccc(-c3ccccc3)c2)c1. The molecule has 0 atom stereocenters. The van der Waals surface area contributed by atoms with Crippen molar-refractivity contribution in [1.82, 2.24) is 9.13 Å². The summed E-state index contributed by atoms with van der Waals surface area (Å²) in [5.41, 5.74) is 36.0. The summed E-state index contributed by atoms with van der Waals surface area (Å²) in [4.78, 5) is 5.03. The Bertz CT molecular complexity index is 6940. The minimum absolute atomic E-state index is 0.216. The monoisotopic (exact) mass is 1520 g/mol. The van der Waals surface area contributed by atoms with Gasteiger partial charge in [-0.05, 0) is 253 Å². The Balaban J connectivity index is 0.921. The Hall–Kier alpha value is -14.0. The van der Waals surface area contributed by atoms with Crippen LogP contribution in [0.4, 0.5) is 34.1 Å². The fourth-order valence-electron chi connectivity index (χ4n) is 18.9. The normalized spacial score (nSPS) is 13.1. The zero-order valence-corrected chi connectivity index (χ0v) is 67.7. The highest BCUT2D eigenvalue weighted by Gasteiger charge is 2.46. The van der Waals surface area contributed by atoms with Gasteiger partial charge in [-0.15, -0.1) is 0 Å². The molecule has 0 saturated heterocycles. The van der Waals surface area contributed by atoms with Crippen LogP contribution in [0.5, 0.6) is 0 Å². The molecule has 0 bridgehead atoms. The van der Waals surface area contributed by atoms with E-state index in [-0.39, 0.29) is 16.4 Å². The van der Waals surface area contributed by atoms with E-state index in [0.29, 0.717) is 0 Å². The van der Waals surface area contributed by atoms with Crippen molar-refractivity contribution >= 4 is 101 Å². The van der Waals surface area contributed by atoms with Crippen LogP contribution in [0.3, 0.4) is 0 Å². The van der Waals surface area contributed by atoms with E-state index in [0.717, 1.165) is 195 Å². The predicted octanol–water partition coefficient (Wildman–Crippen LogP) is 28.8. The maximum absolute atomic E-state index is 10.2. The Morgan fingerprint density at radius 2 is 0.559 bits per heavy atom. The smallest absolute Gasteiger partial charge is 0.252 e.